The summed E-state index contributed by atoms with van der Waals surface area (Å²) >= 11 is 0. The fourth-order valence-electron chi connectivity index (χ4n) is 3.65. The number of piperidine rings is 1. The molecule has 2 aliphatic rings. The first kappa shape index (κ1) is 12.4. The van der Waals surface area contributed by atoms with Gasteiger partial charge in [0.1, 0.15) is 0 Å². The number of rotatable bonds is 5. The number of nitrogens with zero attached hydrogens (tertiary/aromatic N) is 1. The topological polar surface area (TPSA) is 15.3 Å². The molecule has 0 aromatic heterocycles. The molecule has 16 heavy (non-hydrogen) atoms. The van der Waals surface area contributed by atoms with Gasteiger partial charge in [0.15, 0.2) is 0 Å². The van der Waals surface area contributed by atoms with E-state index in [0.717, 1.165) is 24.0 Å². The third-order valence-electron chi connectivity index (χ3n) is 4.92. The summed E-state index contributed by atoms with van der Waals surface area (Å²) in [4.78, 5) is 2.84. The van der Waals surface area contributed by atoms with Crippen LogP contribution in [0.25, 0.3) is 0 Å². The third kappa shape index (κ3) is 2.43. The Bertz CT molecular complexity index is 199. The van der Waals surface area contributed by atoms with Crippen molar-refractivity contribution in [3.8, 4) is 0 Å². The van der Waals surface area contributed by atoms with E-state index in [4.69, 9.17) is 0 Å². The Morgan fingerprint density at radius 3 is 2.12 bits per heavy atom. The molecule has 0 radical (unpaired) electrons. The summed E-state index contributed by atoms with van der Waals surface area (Å²) in [6, 6.07) is 2.56. The van der Waals surface area contributed by atoms with Crippen LogP contribution in [0.15, 0.2) is 0 Å². The highest BCUT2D eigenvalue weighted by atomic mass is 15.2. The van der Waals surface area contributed by atoms with Crippen molar-refractivity contribution in [2.45, 2.75) is 70.5 Å². The lowest BCUT2D eigenvalue weighted by Crippen LogP contribution is -2.49. The van der Waals surface area contributed by atoms with Gasteiger partial charge in [-0.05, 0) is 38.6 Å². The first-order valence-corrected chi connectivity index (χ1v) is 7.21. The molecule has 2 rings (SSSR count). The molecule has 2 aliphatic heterocycles. The quantitative estimate of drug-likeness (QED) is 0.772. The second-order valence-electron chi connectivity index (χ2n) is 5.72. The van der Waals surface area contributed by atoms with Crippen molar-refractivity contribution in [1.29, 1.82) is 0 Å². The molecule has 2 nitrogen and oxygen atoms in total. The van der Waals surface area contributed by atoms with Gasteiger partial charge in [-0.2, -0.15) is 0 Å². The fraction of sp³-hybridized carbons (Fsp3) is 1.00. The Morgan fingerprint density at radius 1 is 1.12 bits per heavy atom. The lowest BCUT2D eigenvalue weighted by molar-refractivity contribution is 0.0975. The minimum Gasteiger partial charge on any atom is -0.317 e. The zero-order valence-electron chi connectivity index (χ0n) is 11.2. The first-order valence-electron chi connectivity index (χ1n) is 7.21. The molecule has 2 fully saturated rings. The van der Waals surface area contributed by atoms with Gasteiger partial charge in [-0.3, -0.25) is 4.90 Å². The normalized spacial score (nSPS) is 34.9. The Hall–Kier alpha value is -0.0800. The fourth-order valence-corrected chi connectivity index (χ4v) is 3.65. The molecule has 0 amide bonds. The van der Waals surface area contributed by atoms with E-state index in [9.17, 15) is 0 Å². The Labute approximate surface area is 101 Å². The van der Waals surface area contributed by atoms with Crippen LogP contribution < -0.4 is 5.32 Å². The average molecular weight is 224 g/mol. The second kappa shape index (κ2) is 5.50. The van der Waals surface area contributed by atoms with Gasteiger partial charge in [-0.15, -0.1) is 0 Å². The predicted molar refractivity (Wildman–Crippen MR) is 69.7 cm³/mol. The molecule has 2 saturated heterocycles. The minimum atomic E-state index is 0.787. The largest absolute Gasteiger partial charge is 0.317 e. The summed E-state index contributed by atoms with van der Waals surface area (Å²) < 4.78 is 0. The summed E-state index contributed by atoms with van der Waals surface area (Å²) in [5.74, 6) is 0.925. The third-order valence-corrected chi connectivity index (χ3v) is 4.92. The summed E-state index contributed by atoms with van der Waals surface area (Å²) in [5.41, 5.74) is 0. The monoisotopic (exact) mass is 224 g/mol. The van der Waals surface area contributed by atoms with Gasteiger partial charge in [0.25, 0.3) is 0 Å². The van der Waals surface area contributed by atoms with Crippen molar-refractivity contribution >= 4 is 0 Å². The van der Waals surface area contributed by atoms with Crippen LogP contribution in [-0.2, 0) is 0 Å². The minimum absolute atomic E-state index is 0.787. The van der Waals surface area contributed by atoms with Gasteiger partial charge in [0.05, 0.1) is 0 Å². The SMILES string of the molecule is CCC(CC)CN1C2CCC1CC(NC)C2. The lowest BCUT2D eigenvalue weighted by atomic mass is 9.94. The van der Waals surface area contributed by atoms with Crippen molar-refractivity contribution in [2.24, 2.45) is 5.92 Å². The molecule has 2 bridgehead atoms. The molecule has 2 heteroatoms. The van der Waals surface area contributed by atoms with Crippen molar-refractivity contribution in [1.82, 2.24) is 10.2 Å². The van der Waals surface area contributed by atoms with Crippen LogP contribution in [0.4, 0.5) is 0 Å². The zero-order valence-corrected chi connectivity index (χ0v) is 11.2. The second-order valence-corrected chi connectivity index (χ2v) is 5.72. The Kier molecular flexibility index (Phi) is 4.26. The highest BCUT2D eigenvalue weighted by Crippen LogP contribution is 2.36. The summed E-state index contributed by atoms with van der Waals surface area (Å²) in [7, 11) is 2.13. The number of hydrogen-bond donors (Lipinski definition) is 1. The van der Waals surface area contributed by atoms with E-state index in [1.165, 1.54) is 45.1 Å². The Morgan fingerprint density at radius 2 is 1.69 bits per heavy atom. The van der Waals surface area contributed by atoms with Gasteiger partial charge in [0.2, 0.25) is 0 Å². The summed E-state index contributed by atoms with van der Waals surface area (Å²) in [6.07, 6.45) is 8.36. The van der Waals surface area contributed by atoms with Gasteiger partial charge in [-0.1, -0.05) is 26.7 Å². The number of nitrogens with one attached hydrogen (secondary N) is 1. The number of hydrogen-bond acceptors (Lipinski definition) is 2. The van der Waals surface area contributed by atoms with Crippen LogP contribution in [0.1, 0.15) is 52.4 Å². The number of fused-ring (bicyclic) bond motifs is 2. The van der Waals surface area contributed by atoms with Crippen molar-refractivity contribution < 1.29 is 0 Å². The summed E-state index contributed by atoms with van der Waals surface area (Å²) in [6.45, 7) is 6.05. The van der Waals surface area contributed by atoms with Gasteiger partial charge < -0.3 is 5.32 Å². The lowest BCUT2D eigenvalue weighted by Gasteiger charge is -2.40. The van der Waals surface area contributed by atoms with Crippen molar-refractivity contribution in [3.05, 3.63) is 0 Å². The van der Waals surface area contributed by atoms with Crippen molar-refractivity contribution in [2.75, 3.05) is 13.6 Å². The molecule has 2 atom stereocenters. The Balaban J connectivity index is 1.92. The van der Waals surface area contributed by atoms with E-state index in [0.29, 0.717) is 0 Å². The smallest absolute Gasteiger partial charge is 0.0114 e. The molecule has 0 aromatic rings. The van der Waals surface area contributed by atoms with Gasteiger partial charge in [-0.25, -0.2) is 0 Å². The summed E-state index contributed by atoms with van der Waals surface area (Å²) in [5, 5.41) is 3.48. The highest BCUT2D eigenvalue weighted by molar-refractivity contribution is 4.97. The predicted octanol–water partition coefficient (Wildman–Crippen LogP) is 2.64. The van der Waals surface area contributed by atoms with Crippen LogP contribution in [-0.4, -0.2) is 36.6 Å². The van der Waals surface area contributed by atoms with Gasteiger partial charge >= 0.3 is 0 Å². The molecule has 0 aliphatic carbocycles. The molecular formula is C14H28N2. The van der Waals surface area contributed by atoms with E-state index in [-0.39, 0.29) is 0 Å². The van der Waals surface area contributed by atoms with Crippen LogP contribution >= 0.6 is 0 Å². The van der Waals surface area contributed by atoms with Crippen LogP contribution in [0.5, 0.6) is 0 Å². The van der Waals surface area contributed by atoms with Crippen LogP contribution in [0.2, 0.25) is 0 Å². The standard InChI is InChI=1S/C14H28N2/c1-4-11(5-2)10-16-13-6-7-14(16)9-12(8-13)15-3/h11-15H,4-10H2,1-3H3. The zero-order chi connectivity index (χ0) is 11.5. The van der Waals surface area contributed by atoms with E-state index in [2.05, 4.69) is 31.1 Å². The highest BCUT2D eigenvalue weighted by Gasteiger charge is 2.40. The first-order chi connectivity index (χ1) is 7.78. The van der Waals surface area contributed by atoms with E-state index in [1.807, 2.05) is 0 Å². The molecule has 94 valence electrons. The van der Waals surface area contributed by atoms with Crippen LogP contribution in [0, 0.1) is 5.92 Å². The maximum absolute atomic E-state index is 3.48. The average Bonchev–Trinajstić information content (AvgIpc) is 2.55. The molecular weight excluding hydrogens is 196 g/mol. The molecule has 0 saturated carbocycles. The van der Waals surface area contributed by atoms with E-state index in [1.54, 1.807) is 0 Å². The molecule has 0 aromatic carbocycles. The maximum Gasteiger partial charge on any atom is 0.0114 e. The van der Waals surface area contributed by atoms with Crippen molar-refractivity contribution in [3.63, 3.8) is 0 Å². The van der Waals surface area contributed by atoms with E-state index < -0.39 is 0 Å². The maximum atomic E-state index is 3.48. The molecule has 1 N–H and O–H groups in total. The van der Waals surface area contributed by atoms with Crippen LogP contribution in [0.3, 0.4) is 0 Å². The molecule has 2 unspecified atom stereocenters. The van der Waals surface area contributed by atoms with Gasteiger partial charge in [0, 0.05) is 24.7 Å². The van der Waals surface area contributed by atoms with E-state index >= 15 is 0 Å². The molecule has 0 spiro atoms. The molecule has 2 heterocycles.